The molecule has 0 heterocycles. The SMILES string of the molecule is CSCCNCCN.Cl.Cl. The Balaban J connectivity index is -0.000000245. The van der Waals surface area contributed by atoms with Gasteiger partial charge in [-0.3, -0.25) is 0 Å². The van der Waals surface area contributed by atoms with Gasteiger partial charge in [-0.25, -0.2) is 0 Å². The van der Waals surface area contributed by atoms with Crippen molar-refractivity contribution in [3.8, 4) is 0 Å². The molecule has 0 aromatic rings. The number of rotatable bonds is 5. The monoisotopic (exact) mass is 206 g/mol. The molecule has 0 amide bonds. The summed E-state index contributed by atoms with van der Waals surface area (Å²) in [5.74, 6) is 1.18. The van der Waals surface area contributed by atoms with Crippen LogP contribution in [-0.2, 0) is 0 Å². The van der Waals surface area contributed by atoms with Gasteiger partial charge in [-0.15, -0.1) is 24.8 Å². The van der Waals surface area contributed by atoms with Crippen molar-refractivity contribution in [1.82, 2.24) is 5.32 Å². The zero-order valence-electron chi connectivity index (χ0n) is 6.13. The van der Waals surface area contributed by atoms with E-state index in [4.69, 9.17) is 5.73 Å². The lowest BCUT2D eigenvalue weighted by Crippen LogP contribution is -2.24. The van der Waals surface area contributed by atoms with E-state index >= 15 is 0 Å². The van der Waals surface area contributed by atoms with Crippen molar-refractivity contribution >= 4 is 36.6 Å². The van der Waals surface area contributed by atoms with Crippen LogP contribution < -0.4 is 11.1 Å². The molecule has 0 bridgehead atoms. The largest absolute Gasteiger partial charge is 0.329 e. The van der Waals surface area contributed by atoms with Gasteiger partial charge in [-0.1, -0.05) is 0 Å². The molecule has 0 aromatic heterocycles. The molecule has 5 heteroatoms. The highest BCUT2D eigenvalue weighted by Crippen LogP contribution is 1.85. The minimum atomic E-state index is 0. The molecule has 0 radical (unpaired) electrons. The highest BCUT2D eigenvalue weighted by Gasteiger charge is 1.80. The van der Waals surface area contributed by atoms with E-state index in [0.717, 1.165) is 19.6 Å². The molecule has 0 saturated carbocycles. The van der Waals surface area contributed by atoms with Gasteiger partial charge < -0.3 is 11.1 Å². The predicted octanol–water partition coefficient (Wildman–Crippen LogP) is 0.741. The number of nitrogens with two attached hydrogens (primary N) is 1. The van der Waals surface area contributed by atoms with Crippen LogP contribution in [0.3, 0.4) is 0 Å². The summed E-state index contributed by atoms with van der Waals surface area (Å²) in [7, 11) is 0. The average molecular weight is 207 g/mol. The van der Waals surface area contributed by atoms with Crippen LogP contribution in [0.2, 0.25) is 0 Å². The Hall–Kier alpha value is 0.850. The average Bonchev–Trinajstić information content (AvgIpc) is 1.81. The van der Waals surface area contributed by atoms with Crippen LogP contribution in [0.4, 0.5) is 0 Å². The first-order chi connectivity index (χ1) is 3.91. The smallest absolute Gasteiger partial charge is 0.00748 e. The van der Waals surface area contributed by atoms with Crippen LogP contribution in [0.25, 0.3) is 0 Å². The van der Waals surface area contributed by atoms with E-state index in [1.165, 1.54) is 5.75 Å². The molecule has 0 aliphatic heterocycles. The third kappa shape index (κ3) is 15.9. The Kier molecular flexibility index (Phi) is 28.1. The van der Waals surface area contributed by atoms with E-state index in [9.17, 15) is 0 Å². The Morgan fingerprint density at radius 1 is 1.30 bits per heavy atom. The fourth-order valence-corrected chi connectivity index (χ4v) is 0.750. The maximum Gasteiger partial charge on any atom is 0.00748 e. The Morgan fingerprint density at radius 2 is 1.90 bits per heavy atom. The quantitative estimate of drug-likeness (QED) is 0.653. The first kappa shape index (κ1) is 17.1. The number of thioether (sulfide) groups is 1. The fraction of sp³-hybridized carbons (Fsp3) is 1.00. The molecule has 0 saturated heterocycles. The van der Waals surface area contributed by atoms with E-state index in [1.54, 1.807) is 0 Å². The van der Waals surface area contributed by atoms with Crippen molar-refractivity contribution in [1.29, 1.82) is 0 Å². The maximum absolute atomic E-state index is 5.24. The third-order valence-corrected chi connectivity index (χ3v) is 1.42. The number of halogens is 2. The van der Waals surface area contributed by atoms with Crippen LogP contribution in [0, 0.1) is 0 Å². The molecule has 0 aromatic carbocycles. The summed E-state index contributed by atoms with van der Waals surface area (Å²) in [5, 5.41) is 3.19. The van der Waals surface area contributed by atoms with Gasteiger partial charge in [-0.2, -0.15) is 11.8 Å². The van der Waals surface area contributed by atoms with Gasteiger partial charge in [0.25, 0.3) is 0 Å². The van der Waals surface area contributed by atoms with Crippen molar-refractivity contribution in [2.24, 2.45) is 5.73 Å². The summed E-state index contributed by atoms with van der Waals surface area (Å²) >= 11 is 1.85. The fourth-order valence-electron chi connectivity index (χ4n) is 0.401. The summed E-state index contributed by atoms with van der Waals surface area (Å²) in [6, 6.07) is 0. The van der Waals surface area contributed by atoms with Crippen LogP contribution in [0.15, 0.2) is 0 Å². The molecular weight excluding hydrogens is 191 g/mol. The molecule has 0 unspecified atom stereocenters. The van der Waals surface area contributed by atoms with Crippen molar-refractivity contribution in [3.05, 3.63) is 0 Å². The molecule has 2 nitrogen and oxygen atoms in total. The highest BCUT2D eigenvalue weighted by atomic mass is 35.5. The zero-order valence-corrected chi connectivity index (χ0v) is 8.58. The van der Waals surface area contributed by atoms with Gasteiger partial charge >= 0.3 is 0 Å². The van der Waals surface area contributed by atoms with Gasteiger partial charge in [0.2, 0.25) is 0 Å². The summed E-state index contributed by atoms with van der Waals surface area (Å²) in [4.78, 5) is 0. The van der Waals surface area contributed by atoms with E-state index in [-0.39, 0.29) is 24.8 Å². The molecule has 0 fully saturated rings. The summed E-state index contributed by atoms with van der Waals surface area (Å²) in [6.45, 7) is 2.77. The molecule has 0 aliphatic carbocycles. The van der Waals surface area contributed by atoms with E-state index in [2.05, 4.69) is 11.6 Å². The normalized spacial score (nSPS) is 7.80. The zero-order chi connectivity index (χ0) is 6.24. The molecular formula is C5H16Cl2N2S. The summed E-state index contributed by atoms with van der Waals surface area (Å²) in [6.07, 6.45) is 2.10. The Morgan fingerprint density at radius 3 is 2.30 bits per heavy atom. The van der Waals surface area contributed by atoms with Crippen LogP contribution >= 0.6 is 36.6 Å². The van der Waals surface area contributed by atoms with Crippen LogP contribution in [-0.4, -0.2) is 31.6 Å². The Labute approximate surface area is 79.5 Å². The Bertz CT molecular complexity index is 42.6. The maximum atomic E-state index is 5.24. The number of hydrogen-bond acceptors (Lipinski definition) is 3. The van der Waals surface area contributed by atoms with Gasteiger partial charge in [0.05, 0.1) is 0 Å². The van der Waals surface area contributed by atoms with Gasteiger partial charge in [0.15, 0.2) is 0 Å². The lowest BCUT2D eigenvalue weighted by Gasteiger charge is -1.98. The van der Waals surface area contributed by atoms with E-state index in [1.807, 2.05) is 11.8 Å². The van der Waals surface area contributed by atoms with Crippen molar-refractivity contribution in [2.75, 3.05) is 31.6 Å². The second-order valence-electron chi connectivity index (χ2n) is 1.53. The minimum absolute atomic E-state index is 0. The van der Waals surface area contributed by atoms with Gasteiger partial charge in [-0.05, 0) is 6.26 Å². The lowest BCUT2D eigenvalue weighted by atomic mass is 10.6. The number of hydrogen-bond donors (Lipinski definition) is 2. The van der Waals surface area contributed by atoms with E-state index in [0.29, 0.717) is 0 Å². The topological polar surface area (TPSA) is 38.0 Å². The molecule has 10 heavy (non-hydrogen) atoms. The van der Waals surface area contributed by atoms with Crippen molar-refractivity contribution in [3.63, 3.8) is 0 Å². The van der Waals surface area contributed by atoms with Gasteiger partial charge in [0.1, 0.15) is 0 Å². The molecule has 66 valence electrons. The van der Waals surface area contributed by atoms with Crippen LogP contribution in [0.5, 0.6) is 0 Å². The first-order valence-electron chi connectivity index (χ1n) is 2.81. The lowest BCUT2D eigenvalue weighted by molar-refractivity contribution is 0.730. The first-order valence-corrected chi connectivity index (χ1v) is 4.21. The van der Waals surface area contributed by atoms with Gasteiger partial charge in [0, 0.05) is 25.4 Å². The van der Waals surface area contributed by atoms with Crippen LogP contribution in [0.1, 0.15) is 0 Å². The molecule has 3 N–H and O–H groups in total. The number of nitrogens with one attached hydrogen (secondary N) is 1. The highest BCUT2D eigenvalue weighted by molar-refractivity contribution is 7.98. The van der Waals surface area contributed by atoms with Crippen molar-refractivity contribution in [2.45, 2.75) is 0 Å². The second kappa shape index (κ2) is 16.4. The van der Waals surface area contributed by atoms with Crippen molar-refractivity contribution < 1.29 is 0 Å². The summed E-state index contributed by atoms with van der Waals surface area (Å²) < 4.78 is 0. The molecule has 0 atom stereocenters. The minimum Gasteiger partial charge on any atom is -0.329 e. The molecule has 0 spiro atoms. The predicted molar refractivity (Wildman–Crippen MR) is 54.8 cm³/mol. The third-order valence-electron chi connectivity index (χ3n) is 0.804. The van der Waals surface area contributed by atoms with E-state index < -0.39 is 0 Å². The standard InChI is InChI=1S/C5H14N2S.2ClH/c1-8-5-4-7-3-2-6;;/h7H,2-6H2,1H3;2*1H. The summed E-state index contributed by atoms with van der Waals surface area (Å²) in [5.41, 5.74) is 5.24. The molecule has 0 aliphatic rings. The second-order valence-corrected chi connectivity index (χ2v) is 2.52. The molecule has 0 rings (SSSR count).